The Hall–Kier alpha value is -3.51. The van der Waals surface area contributed by atoms with E-state index in [1.807, 2.05) is 31.2 Å². The number of carbonyl (C=O) groups excluding carboxylic acids is 1. The molecular weight excluding hydrogens is 430 g/mol. The highest BCUT2D eigenvalue weighted by molar-refractivity contribution is 5.83. The highest BCUT2D eigenvalue weighted by Gasteiger charge is 2.21. The van der Waals surface area contributed by atoms with Crippen LogP contribution >= 0.6 is 0 Å². The number of pyridine rings is 1. The minimum absolute atomic E-state index is 0.164. The molecule has 1 aliphatic rings. The van der Waals surface area contributed by atoms with Gasteiger partial charge in [-0.15, -0.1) is 5.10 Å². The third-order valence-corrected chi connectivity index (χ3v) is 6.53. The number of hydrogen-bond donors (Lipinski definition) is 0. The number of likely N-dealkylation sites (N-methyl/N-ethyl adjacent to an activating group) is 1. The summed E-state index contributed by atoms with van der Waals surface area (Å²) in [5.41, 5.74) is 4.22. The number of aryl methyl sites for hydroxylation is 2. The average molecular weight is 462 g/mol. The van der Waals surface area contributed by atoms with Crippen LogP contribution in [0.5, 0.6) is 5.75 Å². The Labute approximate surface area is 199 Å². The van der Waals surface area contributed by atoms with Crippen LogP contribution in [0.25, 0.3) is 22.3 Å². The van der Waals surface area contributed by atoms with Crippen molar-refractivity contribution >= 4 is 16.9 Å². The van der Waals surface area contributed by atoms with Crippen molar-refractivity contribution in [3.8, 4) is 23.1 Å². The first-order valence-corrected chi connectivity index (χ1v) is 11.6. The summed E-state index contributed by atoms with van der Waals surface area (Å²) in [5.74, 6) is 1.65. The van der Waals surface area contributed by atoms with Gasteiger partial charge in [-0.05, 0) is 75.0 Å². The molecule has 9 nitrogen and oxygen atoms in total. The molecule has 3 aromatic rings. The lowest BCUT2D eigenvalue weighted by Gasteiger charge is -2.32. The van der Waals surface area contributed by atoms with Crippen molar-refractivity contribution in [2.24, 2.45) is 13.0 Å². The Morgan fingerprint density at radius 1 is 1.26 bits per heavy atom. The quantitative estimate of drug-likeness (QED) is 0.533. The molecular formula is C25H31N7O2. The number of ether oxygens (including phenoxy) is 1. The molecule has 0 atom stereocenters. The molecule has 1 aromatic carbocycles. The normalized spacial score (nSPS) is 14.8. The van der Waals surface area contributed by atoms with Crippen LogP contribution < -0.4 is 4.74 Å². The highest BCUT2D eigenvalue weighted by atomic mass is 16.5. The van der Waals surface area contributed by atoms with E-state index in [-0.39, 0.29) is 11.6 Å². The molecule has 4 rings (SSSR count). The van der Waals surface area contributed by atoms with Gasteiger partial charge >= 0.3 is 0 Å². The smallest absolute Gasteiger partial charge is 0.236 e. The van der Waals surface area contributed by atoms with E-state index in [0.29, 0.717) is 30.3 Å². The van der Waals surface area contributed by atoms with Crippen LogP contribution in [0.3, 0.4) is 0 Å². The van der Waals surface area contributed by atoms with E-state index in [1.54, 1.807) is 30.7 Å². The molecule has 34 heavy (non-hydrogen) atoms. The van der Waals surface area contributed by atoms with Crippen LogP contribution in [0.2, 0.25) is 0 Å². The van der Waals surface area contributed by atoms with Crippen LogP contribution in [0, 0.1) is 24.2 Å². The standard InChI is InChI=1S/C25H31N7O2/c1-17-13-19(20-14-22-25(21(15-26)27-20)28-29-31(22)4)5-6-23(17)34-12-9-18-7-10-32(11-8-18)16-24(33)30(2)3/h5-6,13-14,18H,7-12,16H2,1-4H3. The first kappa shape index (κ1) is 23.6. The summed E-state index contributed by atoms with van der Waals surface area (Å²) in [5, 5.41) is 17.5. The van der Waals surface area contributed by atoms with E-state index < -0.39 is 0 Å². The van der Waals surface area contributed by atoms with Crippen molar-refractivity contribution in [1.29, 1.82) is 5.26 Å². The lowest BCUT2D eigenvalue weighted by atomic mass is 9.94. The Morgan fingerprint density at radius 2 is 2.03 bits per heavy atom. The highest BCUT2D eigenvalue weighted by Crippen LogP contribution is 2.28. The molecule has 1 amide bonds. The summed E-state index contributed by atoms with van der Waals surface area (Å²) in [7, 11) is 5.41. The SMILES string of the molecule is Cc1cc(-c2cc3c(nnn3C)c(C#N)n2)ccc1OCCC1CCN(CC(=O)N(C)C)CC1. The van der Waals surface area contributed by atoms with Crippen molar-refractivity contribution in [3.05, 3.63) is 35.5 Å². The first-order valence-electron chi connectivity index (χ1n) is 11.6. The molecule has 2 aromatic heterocycles. The maximum Gasteiger partial charge on any atom is 0.236 e. The summed E-state index contributed by atoms with van der Waals surface area (Å²) in [6.45, 7) is 5.13. The molecule has 9 heteroatoms. The lowest BCUT2D eigenvalue weighted by Crippen LogP contribution is -2.41. The summed E-state index contributed by atoms with van der Waals surface area (Å²) < 4.78 is 7.75. The van der Waals surface area contributed by atoms with Gasteiger partial charge in [-0.2, -0.15) is 5.26 Å². The van der Waals surface area contributed by atoms with Crippen molar-refractivity contribution in [3.63, 3.8) is 0 Å². The number of likely N-dealkylation sites (tertiary alicyclic amines) is 1. The number of hydrogen-bond acceptors (Lipinski definition) is 7. The van der Waals surface area contributed by atoms with Gasteiger partial charge in [0.15, 0.2) is 5.69 Å². The Kier molecular flexibility index (Phi) is 7.08. The molecule has 0 bridgehead atoms. The second kappa shape index (κ2) is 10.2. The average Bonchev–Trinajstić information content (AvgIpc) is 3.21. The van der Waals surface area contributed by atoms with Crippen molar-refractivity contribution in [1.82, 2.24) is 29.8 Å². The molecule has 0 aliphatic carbocycles. The molecule has 0 radical (unpaired) electrons. The second-order valence-corrected chi connectivity index (χ2v) is 9.17. The van der Waals surface area contributed by atoms with E-state index in [1.165, 1.54) is 0 Å². The topological polar surface area (TPSA) is 100 Å². The summed E-state index contributed by atoms with van der Waals surface area (Å²) in [4.78, 5) is 20.3. The summed E-state index contributed by atoms with van der Waals surface area (Å²) in [6, 6.07) is 10.0. The van der Waals surface area contributed by atoms with Gasteiger partial charge < -0.3 is 9.64 Å². The number of aromatic nitrogens is 4. The molecule has 0 N–H and O–H groups in total. The maximum atomic E-state index is 11.9. The molecule has 1 aliphatic heterocycles. The van der Waals surface area contributed by atoms with Gasteiger partial charge in [0, 0.05) is 26.7 Å². The summed E-state index contributed by atoms with van der Waals surface area (Å²) >= 11 is 0. The molecule has 0 unspecified atom stereocenters. The third kappa shape index (κ3) is 5.18. The number of nitriles is 1. The van der Waals surface area contributed by atoms with Gasteiger partial charge in [-0.1, -0.05) is 5.21 Å². The molecule has 3 heterocycles. The van der Waals surface area contributed by atoms with E-state index in [4.69, 9.17) is 4.74 Å². The molecule has 178 valence electrons. The number of rotatable bonds is 7. The fourth-order valence-corrected chi connectivity index (χ4v) is 4.33. The Bertz CT molecular complexity index is 1220. The second-order valence-electron chi connectivity index (χ2n) is 9.17. The predicted molar refractivity (Wildman–Crippen MR) is 129 cm³/mol. The molecule has 1 fully saturated rings. The number of piperidine rings is 1. The van der Waals surface area contributed by atoms with Crippen LogP contribution in [0.4, 0.5) is 0 Å². The number of carbonyl (C=O) groups is 1. The van der Waals surface area contributed by atoms with E-state index in [0.717, 1.165) is 54.7 Å². The zero-order valence-electron chi connectivity index (χ0n) is 20.3. The lowest BCUT2D eigenvalue weighted by molar-refractivity contribution is -0.130. The van der Waals surface area contributed by atoms with Crippen molar-refractivity contribution in [2.45, 2.75) is 26.2 Å². The van der Waals surface area contributed by atoms with Crippen LogP contribution in [-0.2, 0) is 11.8 Å². The van der Waals surface area contributed by atoms with Gasteiger partial charge in [0.2, 0.25) is 5.91 Å². The fraction of sp³-hybridized carbons (Fsp3) is 0.480. The first-order chi connectivity index (χ1) is 16.4. The van der Waals surface area contributed by atoms with Crippen LogP contribution in [0.15, 0.2) is 24.3 Å². The maximum absolute atomic E-state index is 11.9. The number of benzene rings is 1. The minimum atomic E-state index is 0.164. The van der Waals surface area contributed by atoms with Crippen LogP contribution in [0.1, 0.15) is 30.5 Å². The molecule has 0 spiro atoms. The fourth-order valence-electron chi connectivity index (χ4n) is 4.33. The van der Waals surface area contributed by atoms with E-state index in [2.05, 4.69) is 26.3 Å². The van der Waals surface area contributed by atoms with Gasteiger partial charge in [-0.25, -0.2) is 9.67 Å². The monoisotopic (exact) mass is 461 g/mol. The largest absolute Gasteiger partial charge is 0.493 e. The van der Waals surface area contributed by atoms with Gasteiger partial charge in [-0.3, -0.25) is 9.69 Å². The molecule has 1 saturated heterocycles. The predicted octanol–water partition coefficient (Wildman–Crippen LogP) is 2.78. The number of nitrogens with zero attached hydrogens (tertiary/aromatic N) is 7. The Balaban J connectivity index is 1.33. The zero-order valence-corrected chi connectivity index (χ0v) is 20.3. The van der Waals surface area contributed by atoms with E-state index >= 15 is 0 Å². The van der Waals surface area contributed by atoms with Crippen LogP contribution in [-0.4, -0.2) is 76.0 Å². The van der Waals surface area contributed by atoms with Crippen molar-refractivity contribution in [2.75, 3.05) is 40.3 Å². The van der Waals surface area contributed by atoms with Gasteiger partial charge in [0.25, 0.3) is 0 Å². The zero-order chi connectivity index (χ0) is 24.2. The Morgan fingerprint density at radius 3 is 2.71 bits per heavy atom. The third-order valence-electron chi connectivity index (χ3n) is 6.53. The minimum Gasteiger partial charge on any atom is -0.493 e. The van der Waals surface area contributed by atoms with Gasteiger partial charge in [0.1, 0.15) is 17.3 Å². The van der Waals surface area contributed by atoms with Crippen molar-refractivity contribution < 1.29 is 9.53 Å². The molecule has 0 saturated carbocycles. The van der Waals surface area contributed by atoms with E-state index in [9.17, 15) is 10.1 Å². The van der Waals surface area contributed by atoms with Gasteiger partial charge in [0.05, 0.1) is 24.4 Å². The summed E-state index contributed by atoms with van der Waals surface area (Å²) in [6.07, 6.45) is 3.20. The number of amides is 1. The number of fused-ring (bicyclic) bond motifs is 1.